The molecule has 1 unspecified atom stereocenters. The minimum Gasteiger partial charge on any atom is -0.433 e. The first-order chi connectivity index (χ1) is 10.8. The van der Waals surface area contributed by atoms with Crippen LogP contribution in [-0.2, 0) is 10.0 Å². The summed E-state index contributed by atoms with van der Waals surface area (Å²) in [5.74, 6) is -0.0570. The number of nitrogens with one attached hydrogen (secondary N) is 1. The van der Waals surface area contributed by atoms with Gasteiger partial charge in [0, 0.05) is 12.6 Å². The molecule has 1 aliphatic carbocycles. The monoisotopic (exact) mass is 368 g/mol. The van der Waals surface area contributed by atoms with Crippen LogP contribution in [-0.4, -0.2) is 27.6 Å². The predicted molar refractivity (Wildman–Crippen MR) is 83.2 cm³/mol. The van der Waals surface area contributed by atoms with E-state index >= 15 is 0 Å². The van der Waals surface area contributed by atoms with E-state index < -0.39 is 16.6 Å². The average molecular weight is 369 g/mol. The third-order valence-electron chi connectivity index (χ3n) is 3.96. The Balaban J connectivity index is 2.16. The Kier molecular flexibility index (Phi) is 6.19. The highest BCUT2D eigenvalue weighted by molar-refractivity contribution is 7.89. The molecule has 1 aromatic rings. The molecule has 0 bridgehead atoms. The lowest BCUT2D eigenvalue weighted by Crippen LogP contribution is -2.44. The van der Waals surface area contributed by atoms with Crippen molar-refractivity contribution in [1.29, 1.82) is 0 Å². The number of hydrogen-bond donors (Lipinski definition) is 2. The van der Waals surface area contributed by atoms with Crippen molar-refractivity contribution in [3.63, 3.8) is 0 Å². The largest absolute Gasteiger partial charge is 0.433 e. The lowest BCUT2D eigenvalue weighted by Gasteiger charge is -2.23. The molecular formula is C14H19ClF2N2O3S. The van der Waals surface area contributed by atoms with Gasteiger partial charge in [-0.15, -0.1) is 0 Å². The molecule has 0 saturated heterocycles. The zero-order valence-corrected chi connectivity index (χ0v) is 13.9. The molecule has 0 spiro atoms. The van der Waals surface area contributed by atoms with Gasteiger partial charge in [-0.05, 0) is 37.0 Å². The molecule has 23 heavy (non-hydrogen) atoms. The Hall–Kier alpha value is -0.960. The van der Waals surface area contributed by atoms with Crippen molar-refractivity contribution in [1.82, 2.24) is 4.72 Å². The lowest BCUT2D eigenvalue weighted by molar-refractivity contribution is -0.0498. The Morgan fingerprint density at radius 1 is 1.35 bits per heavy atom. The number of hydrogen-bond acceptors (Lipinski definition) is 4. The van der Waals surface area contributed by atoms with Gasteiger partial charge in [-0.25, -0.2) is 13.1 Å². The molecule has 0 heterocycles. The summed E-state index contributed by atoms with van der Waals surface area (Å²) in [6, 6.07) is 3.02. The van der Waals surface area contributed by atoms with E-state index in [1.54, 1.807) is 0 Å². The maximum Gasteiger partial charge on any atom is 0.387 e. The van der Waals surface area contributed by atoms with Crippen LogP contribution in [0.4, 0.5) is 8.78 Å². The number of benzene rings is 1. The predicted octanol–water partition coefficient (Wildman–Crippen LogP) is 2.74. The lowest BCUT2D eigenvalue weighted by atomic mass is 9.99. The van der Waals surface area contributed by atoms with Crippen LogP contribution in [0.15, 0.2) is 23.1 Å². The van der Waals surface area contributed by atoms with E-state index in [1.165, 1.54) is 6.07 Å². The fourth-order valence-corrected chi connectivity index (χ4v) is 4.44. The molecule has 9 heteroatoms. The summed E-state index contributed by atoms with van der Waals surface area (Å²) in [4.78, 5) is -0.111. The first-order valence-electron chi connectivity index (χ1n) is 7.30. The highest BCUT2D eigenvalue weighted by Gasteiger charge is 2.28. The van der Waals surface area contributed by atoms with E-state index in [-0.39, 0.29) is 34.2 Å². The van der Waals surface area contributed by atoms with Gasteiger partial charge >= 0.3 is 6.61 Å². The van der Waals surface area contributed by atoms with E-state index in [2.05, 4.69) is 9.46 Å². The number of halogens is 3. The highest BCUT2D eigenvalue weighted by Crippen LogP contribution is 2.30. The van der Waals surface area contributed by atoms with Crippen molar-refractivity contribution in [3.05, 3.63) is 23.2 Å². The van der Waals surface area contributed by atoms with Crippen molar-refractivity contribution >= 4 is 21.6 Å². The molecule has 1 fully saturated rings. The molecule has 1 aliphatic rings. The van der Waals surface area contributed by atoms with Gasteiger partial charge in [-0.1, -0.05) is 24.4 Å². The van der Waals surface area contributed by atoms with Gasteiger partial charge in [-0.3, -0.25) is 0 Å². The Morgan fingerprint density at radius 3 is 2.52 bits per heavy atom. The Labute approximate surface area is 139 Å². The number of alkyl halides is 2. The van der Waals surface area contributed by atoms with Crippen LogP contribution in [0.2, 0.25) is 5.02 Å². The third kappa shape index (κ3) is 4.76. The molecule has 1 saturated carbocycles. The van der Waals surface area contributed by atoms with Crippen LogP contribution in [0.25, 0.3) is 0 Å². The van der Waals surface area contributed by atoms with Crippen LogP contribution in [0.5, 0.6) is 5.75 Å². The van der Waals surface area contributed by atoms with Gasteiger partial charge in [0.05, 0.1) is 9.92 Å². The van der Waals surface area contributed by atoms with Crippen LogP contribution >= 0.6 is 11.6 Å². The van der Waals surface area contributed by atoms with Crippen molar-refractivity contribution < 1.29 is 21.9 Å². The Morgan fingerprint density at radius 2 is 2.00 bits per heavy atom. The second kappa shape index (κ2) is 7.74. The second-order valence-electron chi connectivity index (χ2n) is 5.48. The summed E-state index contributed by atoms with van der Waals surface area (Å²) in [6.45, 7) is -2.83. The molecule has 2 rings (SSSR count). The fourth-order valence-electron chi connectivity index (χ4n) is 2.80. The summed E-state index contributed by atoms with van der Waals surface area (Å²) in [6.07, 6.45) is 4.00. The number of sulfonamides is 1. The minimum atomic E-state index is -3.83. The Bertz CT molecular complexity index is 637. The topological polar surface area (TPSA) is 81.4 Å². The molecule has 0 amide bonds. The van der Waals surface area contributed by atoms with E-state index in [0.717, 1.165) is 37.8 Å². The number of rotatable bonds is 7. The fraction of sp³-hybridized carbons (Fsp3) is 0.571. The molecule has 3 N–H and O–H groups in total. The van der Waals surface area contributed by atoms with E-state index in [0.29, 0.717) is 0 Å². The van der Waals surface area contributed by atoms with Crippen LogP contribution < -0.4 is 15.2 Å². The van der Waals surface area contributed by atoms with Crippen molar-refractivity contribution in [2.45, 2.75) is 43.2 Å². The summed E-state index contributed by atoms with van der Waals surface area (Å²) < 4.78 is 56.0. The molecular weight excluding hydrogens is 350 g/mol. The van der Waals surface area contributed by atoms with Gasteiger partial charge in [0.1, 0.15) is 5.75 Å². The van der Waals surface area contributed by atoms with E-state index in [4.69, 9.17) is 17.3 Å². The maximum absolute atomic E-state index is 12.4. The molecule has 0 radical (unpaired) electrons. The molecule has 5 nitrogen and oxygen atoms in total. The van der Waals surface area contributed by atoms with E-state index in [1.807, 2.05) is 0 Å². The molecule has 130 valence electrons. The zero-order chi connectivity index (χ0) is 17.0. The summed E-state index contributed by atoms with van der Waals surface area (Å²) >= 11 is 5.80. The average Bonchev–Trinajstić information content (AvgIpc) is 3.00. The summed E-state index contributed by atoms with van der Waals surface area (Å²) in [7, 11) is -3.83. The normalized spacial score (nSPS) is 17.6. The van der Waals surface area contributed by atoms with Crippen LogP contribution in [0.1, 0.15) is 25.7 Å². The smallest absolute Gasteiger partial charge is 0.387 e. The highest BCUT2D eigenvalue weighted by atomic mass is 35.5. The quantitative estimate of drug-likeness (QED) is 0.775. The SMILES string of the molecule is NCC(NS(=O)(=O)c1ccc(OC(F)F)c(Cl)c1)C1CCCC1. The maximum atomic E-state index is 12.4. The molecule has 0 aromatic heterocycles. The van der Waals surface area contributed by atoms with Gasteiger partial charge in [-0.2, -0.15) is 8.78 Å². The zero-order valence-electron chi connectivity index (χ0n) is 12.3. The first kappa shape index (κ1) is 18.4. The molecule has 0 aliphatic heterocycles. The van der Waals surface area contributed by atoms with E-state index in [9.17, 15) is 17.2 Å². The van der Waals surface area contributed by atoms with Gasteiger partial charge in [0.15, 0.2) is 0 Å². The van der Waals surface area contributed by atoms with Crippen molar-refractivity contribution in [2.24, 2.45) is 11.7 Å². The standard InChI is InChI=1S/C14H19ClF2N2O3S/c15-11-7-10(5-6-13(11)22-14(16)17)23(20,21)19-12(8-18)9-3-1-2-4-9/h5-7,9,12,14,19H,1-4,8,18H2. The van der Waals surface area contributed by atoms with Crippen LogP contribution in [0.3, 0.4) is 0 Å². The summed E-state index contributed by atoms with van der Waals surface area (Å²) in [5, 5.41) is -0.196. The molecule has 1 atom stereocenters. The second-order valence-corrected chi connectivity index (χ2v) is 7.60. The van der Waals surface area contributed by atoms with Gasteiger partial charge in [0.25, 0.3) is 0 Å². The van der Waals surface area contributed by atoms with Gasteiger partial charge in [0.2, 0.25) is 10.0 Å². The number of nitrogens with two attached hydrogens (primary N) is 1. The molecule has 1 aromatic carbocycles. The minimum absolute atomic E-state index is 0.111. The summed E-state index contributed by atoms with van der Waals surface area (Å²) in [5.41, 5.74) is 5.69. The van der Waals surface area contributed by atoms with Gasteiger partial charge < -0.3 is 10.5 Å². The first-order valence-corrected chi connectivity index (χ1v) is 9.16. The number of ether oxygens (including phenoxy) is 1. The van der Waals surface area contributed by atoms with Crippen molar-refractivity contribution in [3.8, 4) is 5.75 Å². The van der Waals surface area contributed by atoms with Crippen LogP contribution in [0, 0.1) is 5.92 Å². The van der Waals surface area contributed by atoms with Crippen molar-refractivity contribution in [2.75, 3.05) is 6.54 Å². The third-order valence-corrected chi connectivity index (χ3v) is 5.74.